The number of rotatable bonds is 4. The van der Waals surface area contributed by atoms with Gasteiger partial charge in [-0.1, -0.05) is 17.7 Å². The van der Waals surface area contributed by atoms with Crippen molar-refractivity contribution >= 4 is 28.9 Å². The van der Waals surface area contributed by atoms with Gasteiger partial charge in [0.05, 0.1) is 10.6 Å². The molecule has 6 heteroatoms. The van der Waals surface area contributed by atoms with Gasteiger partial charge < -0.3 is 5.11 Å². The van der Waals surface area contributed by atoms with Crippen LogP contribution in [0.4, 0.5) is 0 Å². The number of hydrogen-bond acceptors (Lipinski definition) is 4. The predicted molar refractivity (Wildman–Crippen MR) is 82.1 cm³/mol. The maximum absolute atomic E-state index is 11.9. The Balaban J connectivity index is 2.07. The first-order valence-corrected chi connectivity index (χ1v) is 7.04. The van der Waals surface area contributed by atoms with Crippen LogP contribution >= 0.6 is 11.3 Å². The molecule has 1 heterocycles. The summed E-state index contributed by atoms with van der Waals surface area (Å²) in [5.41, 5.74) is 4.62. The fraction of sp³-hybridized carbons (Fsp3) is 0.133. The number of nitrogens with one attached hydrogen (secondary N) is 1. The van der Waals surface area contributed by atoms with E-state index < -0.39 is 5.97 Å². The number of hydrazone groups is 1. The Morgan fingerprint density at radius 2 is 1.71 bits per heavy atom. The summed E-state index contributed by atoms with van der Waals surface area (Å²) in [6, 6.07) is 10.3. The second-order valence-corrected chi connectivity index (χ2v) is 5.56. The number of carbonyl (C=O) groups excluding carboxylic acids is 1. The number of carbonyl (C=O) groups is 2. The lowest BCUT2D eigenvalue weighted by atomic mass is 10.1. The SMILES string of the molecule is C/C(=N/NC(=O)c1ccc(C)cc1)c1ccc(C(=O)O)s1. The van der Waals surface area contributed by atoms with Gasteiger partial charge in [-0.3, -0.25) is 4.79 Å². The zero-order valence-electron chi connectivity index (χ0n) is 11.6. The molecular weight excluding hydrogens is 288 g/mol. The molecule has 1 amide bonds. The van der Waals surface area contributed by atoms with Crippen molar-refractivity contribution in [3.05, 3.63) is 57.3 Å². The summed E-state index contributed by atoms with van der Waals surface area (Å²) >= 11 is 1.12. The molecule has 0 saturated carbocycles. The molecule has 2 rings (SSSR count). The van der Waals surface area contributed by atoms with Gasteiger partial charge in [0, 0.05) is 5.56 Å². The maximum atomic E-state index is 11.9. The van der Waals surface area contributed by atoms with Gasteiger partial charge in [-0.2, -0.15) is 5.10 Å². The fourth-order valence-corrected chi connectivity index (χ4v) is 2.40. The number of hydrogen-bond donors (Lipinski definition) is 2. The maximum Gasteiger partial charge on any atom is 0.345 e. The predicted octanol–water partition coefficient (Wildman–Crippen LogP) is 2.91. The molecule has 108 valence electrons. The van der Waals surface area contributed by atoms with Crippen LogP contribution in [0.1, 0.15) is 37.4 Å². The minimum atomic E-state index is -0.970. The van der Waals surface area contributed by atoms with Crippen LogP contribution in [0.5, 0.6) is 0 Å². The van der Waals surface area contributed by atoms with E-state index in [0.717, 1.165) is 16.9 Å². The summed E-state index contributed by atoms with van der Waals surface area (Å²) in [7, 11) is 0. The lowest BCUT2D eigenvalue weighted by molar-refractivity contribution is 0.0702. The third kappa shape index (κ3) is 3.76. The highest BCUT2D eigenvalue weighted by atomic mass is 32.1. The highest BCUT2D eigenvalue weighted by Gasteiger charge is 2.09. The lowest BCUT2D eigenvalue weighted by Crippen LogP contribution is -2.19. The van der Waals surface area contributed by atoms with Gasteiger partial charge in [-0.15, -0.1) is 11.3 Å². The first-order valence-electron chi connectivity index (χ1n) is 6.22. The molecule has 0 spiro atoms. The smallest absolute Gasteiger partial charge is 0.345 e. The Morgan fingerprint density at radius 1 is 1.10 bits per heavy atom. The van der Waals surface area contributed by atoms with Crippen molar-refractivity contribution in [2.45, 2.75) is 13.8 Å². The Labute approximate surface area is 125 Å². The van der Waals surface area contributed by atoms with Crippen LogP contribution in [0.3, 0.4) is 0 Å². The molecule has 0 saturated heterocycles. The zero-order valence-corrected chi connectivity index (χ0v) is 12.4. The standard InChI is InChI=1S/C15H14N2O3S/c1-9-3-5-11(6-4-9)14(18)17-16-10(2)12-7-8-13(21-12)15(19)20/h3-8H,1-2H3,(H,17,18)(H,19,20)/b16-10-. The van der Waals surface area contributed by atoms with Crippen LogP contribution in [0.2, 0.25) is 0 Å². The lowest BCUT2D eigenvalue weighted by Gasteiger charge is -2.02. The molecular formula is C15H14N2O3S. The van der Waals surface area contributed by atoms with E-state index in [9.17, 15) is 9.59 Å². The van der Waals surface area contributed by atoms with Gasteiger partial charge in [-0.05, 0) is 38.1 Å². The summed E-state index contributed by atoms with van der Waals surface area (Å²) in [5, 5.41) is 12.9. The highest BCUT2D eigenvalue weighted by Crippen LogP contribution is 2.17. The Bertz CT molecular complexity index is 702. The van der Waals surface area contributed by atoms with Crippen LogP contribution in [-0.2, 0) is 0 Å². The van der Waals surface area contributed by atoms with Crippen molar-refractivity contribution < 1.29 is 14.7 Å². The first-order chi connectivity index (χ1) is 9.97. The van der Waals surface area contributed by atoms with Gasteiger partial charge in [0.1, 0.15) is 4.88 Å². The Hall–Kier alpha value is -2.47. The monoisotopic (exact) mass is 302 g/mol. The van der Waals surface area contributed by atoms with Crippen LogP contribution < -0.4 is 5.43 Å². The van der Waals surface area contributed by atoms with E-state index in [2.05, 4.69) is 10.5 Å². The van der Waals surface area contributed by atoms with Crippen LogP contribution in [0, 0.1) is 6.92 Å². The van der Waals surface area contributed by atoms with E-state index in [1.54, 1.807) is 25.1 Å². The summed E-state index contributed by atoms with van der Waals surface area (Å²) < 4.78 is 0. The summed E-state index contributed by atoms with van der Waals surface area (Å²) in [5.74, 6) is -1.27. The molecule has 0 radical (unpaired) electrons. The molecule has 0 unspecified atom stereocenters. The second kappa shape index (κ2) is 6.32. The minimum Gasteiger partial charge on any atom is -0.477 e. The summed E-state index contributed by atoms with van der Waals surface area (Å²) in [6.45, 7) is 3.66. The Morgan fingerprint density at radius 3 is 2.29 bits per heavy atom. The van der Waals surface area contributed by atoms with Crippen molar-refractivity contribution in [2.75, 3.05) is 0 Å². The number of nitrogens with zero attached hydrogens (tertiary/aromatic N) is 1. The van der Waals surface area contributed by atoms with Gasteiger partial charge in [0.15, 0.2) is 0 Å². The number of aryl methyl sites for hydroxylation is 1. The van der Waals surface area contributed by atoms with Crippen molar-refractivity contribution in [3.63, 3.8) is 0 Å². The van der Waals surface area contributed by atoms with Crippen molar-refractivity contribution in [2.24, 2.45) is 5.10 Å². The molecule has 0 atom stereocenters. The minimum absolute atomic E-state index is 0.240. The van der Waals surface area contributed by atoms with Gasteiger partial charge >= 0.3 is 5.97 Å². The average Bonchev–Trinajstić information content (AvgIpc) is 2.95. The van der Waals surface area contributed by atoms with Crippen LogP contribution in [-0.4, -0.2) is 22.7 Å². The number of thiophene rings is 1. The van der Waals surface area contributed by atoms with Gasteiger partial charge in [-0.25, -0.2) is 10.2 Å². The van der Waals surface area contributed by atoms with Crippen molar-refractivity contribution in [1.29, 1.82) is 0 Å². The number of amides is 1. The third-order valence-electron chi connectivity index (χ3n) is 2.81. The van der Waals surface area contributed by atoms with E-state index in [-0.39, 0.29) is 10.8 Å². The van der Waals surface area contributed by atoms with Crippen molar-refractivity contribution in [3.8, 4) is 0 Å². The zero-order chi connectivity index (χ0) is 15.4. The van der Waals surface area contributed by atoms with Crippen LogP contribution in [0.25, 0.3) is 0 Å². The second-order valence-electron chi connectivity index (χ2n) is 4.47. The van der Waals surface area contributed by atoms with E-state index in [1.165, 1.54) is 6.07 Å². The molecule has 21 heavy (non-hydrogen) atoms. The molecule has 0 aliphatic rings. The fourth-order valence-electron chi connectivity index (χ4n) is 1.61. The molecule has 2 aromatic rings. The first kappa shape index (κ1) is 14.9. The van der Waals surface area contributed by atoms with Gasteiger partial charge in [0.25, 0.3) is 5.91 Å². The van der Waals surface area contributed by atoms with Crippen molar-refractivity contribution in [1.82, 2.24) is 5.43 Å². The Kier molecular flexibility index (Phi) is 4.49. The van der Waals surface area contributed by atoms with E-state index in [1.807, 2.05) is 19.1 Å². The number of benzene rings is 1. The third-order valence-corrected chi connectivity index (χ3v) is 3.99. The number of carboxylic acid groups (broad SMARTS) is 1. The summed E-state index contributed by atoms with van der Waals surface area (Å²) in [4.78, 5) is 23.7. The van der Waals surface area contributed by atoms with E-state index >= 15 is 0 Å². The van der Waals surface area contributed by atoms with Gasteiger partial charge in [0.2, 0.25) is 0 Å². The largest absolute Gasteiger partial charge is 0.477 e. The molecule has 1 aromatic carbocycles. The molecule has 0 aliphatic heterocycles. The quantitative estimate of drug-likeness (QED) is 0.673. The molecule has 1 aromatic heterocycles. The average molecular weight is 302 g/mol. The molecule has 0 aliphatic carbocycles. The molecule has 0 fully saturated rings. The van der Waals surface area contributed by atoms with E-state index in [4.69, 9.17) is 5.11 Å². The molecule has 0 bridgehead atoms. The number of carboxylic acids is 1. The highest BCUT2D eigenvalue weighted by molar-refractivity contribution is 7.15. The van der Waals surface area contributed by atoms with E-state index in [0.29, 0.717) is 16.2 Å². The topological polar surface area (TPSA) is 78.8 Å². The normalized spacial score (nSPS) is 11.2. The molecule has 2 N–H and O–H groups in total. The molecule has 5 nitrogen and oxygen atoms in total. The summed E-state index contributed by atoms with van der Waals surface area (Å²) in [6.07, 6.45) is 0. The number of aromatic carboxylic acids is 1. The van der Waals surface area contributed by atoms with Crippen LogP contribution in [0.15, 0.2) is 41.5 Å².